The fourth-order valence-electron chi connectivity index (χ4n) is 2.34. The van der Waals surface area contributed by atoms with Crippen LogP contribution in [0.15, 0.2) is 6.07 Å². The van der Waals surface area contributed by atoms with E-state index in [0.29, 0.717) is 10.0 Å². The van der Waals surface area contributed by atoms with Gasteiger partial charge in [-0.2, -0.15) is 0 Å². The molecular weight excluding hydrogens is 324 g/mol. The lowest BCUT2D eigenvalue weighted by Gasteiger charge is -1.99. The maximum absolute atomic E-state index is 12.2. The molecule has 0 bridgehead atoms. The zero-order chi connectivity index (χ0) is 15.9. The summed E-state index contributed by atoms with van der Waals surface area (Å²) in [6, 6.07) is 1.80. The topological polar surface area (TPSA) is 104 Å². The van der Waals surface area contributed by atoms with Crippen molar-refractivity contribution in [2.45, 2.75) is 32.2 Å². The lowest BCUT2D eigenvalue weighted by molar-refractivity contribution is 0.103. The fourth-order valence-corrected chi connectivity index (χ4v) is 3.91. The summed E-state index contributed by atoms with van der Waals surface area (Å²) >= 11 is 2.73. The molecule has 2 amide bonds. The highest BCUT2D eigenvalue weighted by molar-refractivity contribution is 7.16. The molecule has 0 saturated heterocycles. The van der Waals surface area contributed by atoms with Crippen molar-refractivity contribution < 1.29 is 14.7 Å². The third-order valence-electron chi connectivity index (χ3n) is 3.43. The van der Waals surface area contributed by atoms with Crippen molar-refractivity contribution >= 4 is 39.8 Å². The summed E-state index contributed by atoms with van der Waals surface area (Å²) in [5, 5.41) is 22.9. The first kappa shape index (κ1) is 14.9. The van der Waals surface area contributed by atoms with Crippen molar-refractivity contribution in [3.05, 3.63) is 26.4 Å². The van der Waals surface area contributed by atoms with Crippen LogP contribution >= 0.6 is 22.7 Å². The van der Waals surface area contributed by atoms with Gasteiger partial charge in [0.1, 0.15) is 5.01 Å². The number of amides is 2. The number of rotatable bonds is 4. The van der Waals surface area contributed by atoms with Crippen molar-refractivity contribution in [3.8, 4) is 0 Å². The number of hydrogen-bond donors (Lipinski definition) is 3. The third-order valence-corrected chi connectivity index (χ3v) is 5.24. The SMILES string of the molecule is Cc1nnc(NC(=O)c2cc([C@@H]3C[C@H]3NC(=O)O)c(C)s2)s1. The van der Waals surface area contributed by atoms with Crippen LogP contribution in [-0.4, -0.2) is 33.3 Å². The Labute approximate surface area is 134 Å². The molecule has 2 aromatic heterocycles. The Bertz CT molecular complexity index is 739. The molecule has 9 heteroatoms. The van der Waals surface area contributed by atoms with Crippen molar-refractivity contribution in [3.63, 3.8) is 0 Å². The van der Waals surface area contributed by atoms with E-state index in [2.05, 4.69) is 20.8 Å². The Kier molecular flexibility index (Phi) is 3.83. The Morgan fingerprint density at radius 2 is 2.09 bits per heavy atom. The van der Waals surface area contributed by atoms with E-state index in [1.165, 1.54) is 22.7 Å². The quantitative estimate of drug-likeness (QED) is 0.795. The van der Waals surface area contributed by atoms with Crippen LogP contribution in [0.5, 0.6) is 0 Å². The molecule has 0 aliphatic heterocycles. The second-order valence-electron chi connectivity index (χ2n) is 5.10. The van der Waals surface area contributed by atoms with Crippen molar-refractivity contribution in [1.29, 1.82) is 0 Å². The van der Waals surface area contributed by atoms with Crippen molar-refractivity contribution in [1.82, 2.24) is 15.5 Å². The predicted octanol–water partition coefficient (Wildman–Crippen LogP) is 2.59. The smallest absolute Gasteiger partial charge is 0.404 e. The lowest BCUT2D eigenvalue weighted by atomic mass is 10.1. The van der Waals surface area contributed by atoms with E-state index in [-0.39, 0.29) is 17.9 Å². The molecule has 0 spiro atoms. The molecular formula is C13H14N4O3S2. The number of nitrogens with zero attached hydrogens (tertiary/aromatic N) is 2. The summed E-state index contributed by atoms with van der Waals surface area (Å²) in [6.45, 7) is 3.77. The maximum Gasteiger partial charge on any atom is 0.404 e. The number of thiophene rings is 1. The lowest BCUT2D eigenvalue weighted by Crippen LogP contribution is -2.24. The highest BCUT2D eigenvalue weighted by Gasteiger charge is 2.41. The van der Waals surface area contributed by atoms with Crippen LogP contribution in [0.3, 0.4) is 0 Å². The molecule has 1 aliphatic carbocycles. The van der Waals surface area contributed by atoms with E-state index in [1.54, 1.807) is 0 Å². The van der Waals surface area contributed by atoms with E-state index < -0.39 is 6.09 Å². The summed E-state index contributed by atoms with van der Waals surface area (Å²) in [4.78, 5) is 24.5. The Hall–Kier alpha value is -2.00. The van der Waals surface area contributed by atoms with E-state index in [0.717, 1.165) is 21.9 Å². The van der Waals surface area contributed by atoms with Gasteiger partial charge in [-0.1, -0.05) is 11.3 Å². The van der Waals surface area contributed by atoms with Gasteiger partial charge in [0.15, 0.2) is 0 Å². The molecule has 2 atom stereocenters. The van der Waals surface area contributed by atoms with Gasteiger partial charge >= 0.3 is 6.09 Å². The Morgan fingerprint density at radius 1 is 1.32 bits per heavy atom. The van der Waals surface area contributed by atoms with Gasteiger partial charge in [0.25, 0.3) is 5.91 Å². The van der Waals surface area contributed by atoms with E-state index in [9.17, 15) is 9.59 Å². The fraction of sp³-hybridized carbons (Fsp3) is 0.385. The summed E-state index contributed by atoms with van der Waals surface area (Å²) in [7, 11) is 0. The minimum absolute atomic E-state index is 0.0486. The summed E-state index contributed by atoms with van der Waals surface area (Å²) in [6.07, 6.45) is -0.231. The normalized spacial score (nSPS) is 19.7. The van der Waals surface area contributed by atoms with Gasteiger partial charge < -0.3 is 10.4 Å². The molecule has 0 aromatic carbocycles. The average Bonchev–Trinajstić information content (AvgIpc) is 2.86. The molecule has 3 rings (SSSR count). The average molecular weight is 338 g/mol. The van der Waals surface area contributed by atoms with Gasteiger partial charge in [-0.3, -0.25) is 10.1 Å². The van der Waals surface area contributed by atoms with Crippen LogP contribution in [-0.2, 0) is 0 Å². The predicted molar refractivity (Wildman–Crippen MR) is 84.0 cm³/mol. The number of anilines is 1. The largest absolute Gasteiger partial charge is 0.465 e. The van der Waals surface area contributed by atoms with Gasteiger partial charge in [0.05, 0.1) is 4.88 Å². The first-order chi connectivity index (χ1) is 10.4. The Morgan fingerprint density at radius 3 is 2.73 bits per heavy atom. The van der Waals surface area contributed by atoms with Gasteiger partial charge in [-0.05, 0) is 31.9 Å². The molecule has 22 heavy (non-hydrogen) atoms. The molecule has 0 radical (unpaired) electrons. The number of aromatic nitrogens is 2. The van der Waals surface area contributed by atoms with Gasteiger partial charge in [0.2, 0.25) is 5.13 Å². The zero-order valence-electron chi connectivity index (χ0n) is 11.9. The number of carboxylic acid groups (broad SMARTS) is 1. The van der Waals surface area contributed by atoms with Gasteiger partial charge in [-0.25, -0.2) is 4.79 Å². The highest BCUT2D eigenvalue weighted by atomic mass is 32.1. The molecule has 0 unspecified atom stereocenters. The molecule has 1 fully saturated rings. The maximum atomic E-state index is 12.2. The van der Waals surface area contributed by atoms with Crippen LogP contribution in [0.4, 0.5) is 9.93 Å². The third kappa shape index (κ3) is 3.09. The van der Waals surface area contributed by atoms with Gasteiger partial charge in [0, 0.05) is 16.8 Å². The molecule has 2 aromatic rings. The molecule has 7 nitrogen and oxygen atoms in total. The number of nitrogens with one attached hydrogen (secondary N) is 2. The number of carbonyl (C=O) groups excluding carboxylic acids is 1. The monoisotopic (exact) mass is 338 g/mol. The van der Waals surface area contributed by atoms with Crippen molar-refractivity contribution in [2.75, 3.05) is 5.32 Å². The number of aryl methyl sites for hydroxylation is 2. The van der Waals surface area contributed by atoms with E-state index in [4.69, 9.17) is 5.11 Å². The van der Waals surface area contributed by atoms with E-state index >= 15 is 0 Å². The number of carbonyl (C=O) groups is 2. The zero-order valence-corrected chi connectivity index (χ0v) is 13.5. The van der Waals surface area contributed by atoms with Crippen molar-refractivity contribution in [2.24, 2.45) is 0 Å². The molecule has 3 N–H and O–H groups in total. The van der Waals surface area contributed by atoms with Gasteiger partial charge in [-0.15, -0.1) is 21.5 Å². The van der Waals surface area contributed by atoms with Crippen LogP contribution in [0.1, 0.15) is 37.5 Å². The standard InChI is InChI=1S/C13H14N4O3S2/c1-5-7(8-3-9(8)14-13(19)20)4-10(21-5)11(18)15-12-17-16-6(2)22-12/h4,8-9,14H,3H2,1-2H3,(H,19,20)(H,15,17,18)/t8-,9+/m0/s1. The van der Waals surface area contributed by atoms with E-state index in [1.807, 2.05) is 19.9 Å². The molecule has 1 aliphatic rings. The summed E-state index contributed by atoms with van der Waals surface area (Å²) < 4.78 is 0. The second kappa shape index (κ2) is 5.65. The Balaban J connectivity index is 1.70. The van der Waals surface area contributed by atoms with Crippen LogP contribution in [0, 0.1) is 13.8 Å². The molecule has 1 saturated carbocycles. The molecule has 2 heterocycles. The van der Waals surface area contributed by atoms with Crippen LogP contribution in [0.2, 0.25) is 0 Å². The first-order valence-electron chi connectivity index (χ1n) is 6.65. The minimum atomic E-state index is -1.01. The summed E-state index contributed by atoms with van der Waals surface area (Å²) in [5.74, 6) is -0.0448. The van der Waals surface area contributed by atoms with Crippen LogP contribution in [0.25, 0.3) is 0 Å². The minimum Gasteiger partial charge on any atom is -0.465 e. The van der Waals surface area contributed by atoms with Crippen LogP contribution < -0.4 is 10.6 Å². The second-order valence-corrected chi connectivity index (χ2v) is 7.54. The highest BCUT2D eigenvalue weighted by Crippen LogP contribution is 2.44. The summed E-state index contributed by atoms with van der Waals surface area (Å²) in [5.41, 5.74) is 1.04. The first-order valence-corrected chi connectivity index (χ1v) is 8.28. The molecule has 116 valence electrons. The number of hydrogen-bond acceptors (Lipinski definition) is 6.